The van der Waals surface area contributed by atoms with Gasteiger partial charge >= 0.3 is 0 Å². The molecular weight excluding hydrogens is 396 g/mol. The smallest absolute Gasteiger partial charge is 0.240 e. The highest BCUT2D eigenvalue weighted by molar-refractivity contribution is 8.00. The van der Waals surface area contributed by atoms with E-state index in [9.17, 15) is 13.2 Å². The van der Waals surface area contributed by atoms with Gasteiger partial charge in [0.15, 0.2) is 5.16 Å². The highest BCUT2D eigenvalue weighted by atomic mass is 32.2. The number of amides is 1. The van der Waals surface area contributed by atoms with Gasteiger partial charge in [-0.15, -0.1) is 0 Å². The van der Waals surface area contributed by atoms with Gasteiger partial charge in [-0.2, -0.15) is 0 Å². The molecule has 2 aromatic rings. The second-order valence-electron chi connectivity index (χ2n) is 6.85. The first-order chi connectivity index (χ1) is 13.0. The lowest BCUT2D eigenvalue weighted by molar-refractivity contribution is -0.115. The average molecular weight is 423 g/mol. The number of anilines is 1. The fraction of sp³-hybridized carbons (Fsp3) is 0.421. The van der Waals surface area contributed by atoms with Gasteiger partial charge in [0.2, 0.25) is 15.9 Å². The van der Waals surface area contributed by atoms with Crippen molar-refractivity contribution < 1.29 is 13.2 Å². The number of sulfonamides is 1. The van der Waals surface area contributed by atoms with Crippen molar-refractivity contribution in [2.75, 3.05) is 5.32 Å². The maximum absolute atomic E-state index is 12.5. The molecule has 1 atom stereocenters. The molecule has 1 amide bonds. The topological polar surface area (TPSA) is 101 Å². The highest BCUT2D eigenvalue weighted by Gasteiger charge is 2.18. The number of hydrogen-bond donors (Lipinski definition) is 2. The van der Waals surface area contributed by atoms with Gasteiger partial charge in [0.05, 0.1) is 10.1 Å². The summed E-state index contributed by atoms with van der Waals surface area (Å²) in [6, 6.07) is 5.88. The minimum absolute atomic E-state index is 0.153. The number of aromatic nitrogens is 2. The molecule has 2 rings (SSSR count). The lowest BCUT2D eigenvalue weighted by Crippen LogP contribution is -2.30. The molecule has 7 nitrogen and oxygen atoms in total. The number of nitrogens with one attached hydrogen (secondary N) is 2. The zero-order chi connectivity index (χ0) is 21.1. The minimum atomic E-state index is -3.56. The number of carbonyl (C=O) groups excluding carboxylic acids is 1. The number of nitrogens with zero attached hydrogens (tertiary/aromatic N) is 2. The third-order valence-electron chi connectivity index (χ3n) is 4.09. The van der Waals surface area contributed by atoms with E-state index in [2.05, 4.69) is 20.0 Å². The second-order valence-corrected chi connectivity index (χ2v) is 9.87. The molecule has 0 aliphatic rings. The molecule has 0 saturated carbocycles. The molecule has 28 heavy (non-hydrogen) atoms. The number of rotatable bonds is 7. The Morgan fingerprint density at radius 2 is 1.54 bits per heavy atom. The van der Waals surface area contributed by atoms with Crippen LogP contribution in [0.1, 0.15) is 37.7 Å². The molecule has 0 aliphatic heterocycles. The third-order valence-corrected chi connectivity index (χ3v) is 6.72. The Labute approximate surface area is 170 Å². The lowest BCUT2D eigenvalue weighted by atomic mass is 10.2. The Kier molecular flexibility index (Phi) is 7.19. The summed E-state index contributed by atoms with van der Waals surface area (Å²) in [5, 5.41) is 2.94. The number of benzene rings is 1. The van der Waals surface area contributed by atoms with E-state index >= 15 is 0 Å². The second kappa shape index (κ2) is 9.02. The summed E-state index contributed by atoms with van der Waals surface area (Å²) >= 11 is 1.28. The van der Waals surface area contributed by atoms with Gasteiger partial charge in [-0.1, -0.05) is 11.8 Å². The fourth-order valence-electron chi connectivity index (χ4n) is 2.35. The number of hydrogen-bond acceptors (Lipinski definition) is 6. The van der Waals surface area contributed by atoms with Crippen molar-refractivity contribution in [1.82, 2.24) is 14.7 Å². The van der Waals surface area contributed by atoms with E-state index in [-0.39, 0.29) is 16.8 Å². The van der Waals surface area contributed by atoms with Crippen molar-refractivity contribution in [2.24, 2.45) is 0 Å². The zero-order valence-corrected chi connectivity index (χ0v) is 18.5. The van der Waals surface area contributed by atoms with Crippen LogP contribution in [0.4, 0.5) is 5.69 Å². The molecule has 0 saturated heterocycles. The van der Waals surface area contributed by atoms with Crippen LogP contribution in [0.3, 0.4) is 0 Å². The van der Waals surface area contributed by atoms with Crippen LogP contribution in [-0.4, -0.2) is 35.6 Å². The Balaban J connectivity index is 2.04. The molecule has 2 N–H and O–H groups in total. The van der Waals surface area contributed by atoms with E-state index in [0.29, 0.717) is 10.8 Å². The zero-order valence-electron chi connectivity index (χ0n) is 16.9. The Morgan fingerprint density at radius 1 is 1.00 bits per heavy atom. The molecule has 0 radical (unpaired) electrons. The first kappa shape index (κ1) is 22.3. The summed E-state index contributed by atoms with van der Waals surface area (Å²) in [5.41, 5.74) is 3.37. The maximum atomic E-state index is 12.5. The lowest BCUT2D eigenvalue weighted by Gasteiger charge is -2.13. The van der Waals surface area contributed by atoms with Gasteiger partial charge in [-0.25, -0.2) is 23.1 Å². The SMILES string of the molecule is Cc1nc(SC(C)C(=O)Nc2ccc(S(=O)(=O)NC(C)C)cc2)nc(C)c1C. The number of carbonyl (C=O) groups is 1. The van der Waals surface area contributed by atoms with Crippen LogP contribution < -0.4 is 10.0 Å². The molecule has 0 aliphatic carbocycles. The summed E-state index contributed by atoms with van der Waals surface area (Å²) < 4.78 is 26.8. The molecule has 1 aromatic carbocycles. The van der Waals surface area contributed by atoms with E-state index in [1.165, 1.54) is 23.9 Å². The van der Waals surface area contributed by atoms with Crippen molar-refractivity contribution >= 4 is 33.4 Å². The molecule has 0 fully saturated rings. The third kappa shape index (κ3) is 5.76. The molecule has 152 valence electrons. The minimum Gasteiger partial charge on any atom is -0.325 e. The molecule has 9 heteroatoms. The first-order valence-corrected chi connectivity index (χ1v) is 11.3. The van der Waals surface area contributed by atoms with E-state index in [1.807, 2.05) is 20.8 Å². The molecule has 1 heterocycles. The van der Waals surface area contributed by atoms with Crippen LogP contribution in [0.2, 0.25) is 0 Å². The highest BCUT2D eigenvalue weighted by Crippen LogP contribution is 2.23. The van der Waals surface area contributed by atoms with Crippen molar-refractivity contribution in [1.29, 1.82) is 0 Å². The van der Waals surface area contributed by atoms with Crippen molar-refractivity contribution in [2.45, 2.75) is 62.9 Å². The number of aryl methyl sites for hydroxylation is 2. The monoisotopic (exact) mass is 422 g/mol. The quantitative estimate of drug-likeness (QED) is 0.525. The van der Waals surface area contributed by atoms with Gasteiger partial charge in [-0.3, -0.25) is 4.79 Å². The van der Waals surface area contributed by atoms with Crippen LogP contribution >= 0.6 is 11.8 Å². The Hall–Kier alpha value is -1.97. The molecule has 1 unspecified atom stereocenters. The molecular formula is C19H26N4O3S2. The summed E-state index contributed by atoms with van der Waals surface area (Å²) in [6.45, 7) is 11.1. The van der Waals surface area contributed by atoms with E-state index in [1.54, 1.807) is 32.9 Å². The van der Waals surface area contributed by atoms with Crippen molar-refractivity contribution in [3.63, 3.8) is 0 Å². The predicted octanol–water partition coefficient (Wildman–Crippen LogP) is 3.21. The number of thioether (sulfide) groups is 1. The summed E-state index contributed by atoms with van der Waals surface area (Å²) in [5.74, 6) is -0.208. The normalized spacial score (nSPS) is 12.8. The summed E-state index contributed by atoms with van der Waals surface area (Å²) in [6.07, 6.45) is 0. The molecule has 0 bridgehead atoms. The average Bonchev–Trinajstić information content (AvgIpc) is 2.59. The van der Waals surface area contributed by atoms with Gasteiger partial charge in [0.1, 0.15) is 0 Å². The van der Waals surface area contributed by atoms with Gasteiger partial charge in [-0.05, 0) is 71.4 Å². The van der Waals surface area contributed by atoms with E-state index in [4.69, 9.17) is 0 Å². The van der Waals surface area contributed by atoms with Crippen molar-refractivity contribution in [3.05, 3.63) is 41.2 Å². The molecule has 1 aromatic heterocycles. The Bertz CT molecular complexity index is 935. The summed E-state index contributed by atoms with van der Waals surface area (Å²) in [4.78, 5) is 21.5. The van der Waals surface area contributed by atoms with Crippen LogP contribution in [0.5, 0.6) is 0 Å². The van der Waals surface area contributed by atoms with Crippen molar-refractivity contribution in [3.8, 4) is 0 Å². The predicted molar refractivity (Wildman–Crippen MR) is 112 cm³/mol. The van der Waals surface area contributed by atoms with Crippen LogP contribution in [0.25, 0.3) is 0 Å². The fourth-order valence-corrected chi connectivity index (χ4v) is 4.46. The maximum Gasteiger partial charge on any atom is 0.240 e. The first-order valence-electron chi connectivity index (χ1n) is 8.91. The van der Waals surface area contributed by atoms with Crippen LogP contribution in [0.15, 0.2) is 34.3 Å². The van der Waals surface area contributed by atoms with E-state index < -0.39 is 15.3 Å². The Morgan fingerprint density at radius 3 is 2.04 bits per heavy atom. The van der Waals surface area contributed by atoms with E-state index in [0.717, 1.165) is 17.0 Å². The van der Waals surface area contributed by atoms with Crippen LogP contribution in [-0.2, 0) is 14.8 Å². The van der Waals surface area contributed by atoms with Gasteiger partial charge < -0.3 is 5.32 Å². The van der Waals surface area contributed by atoms with Gasteiger partial charge in [0, 0.05) is 23.1 Å². The summed E-state index contributed by atoms with van der Waals surface area (Å²) in [7, 11) is -3.56. The van der Waals surface area contributed by atoms with Gasteiger partial charge in [0.25, 0.3) is 0 Å². The molecule has 0 spiro atoms. The van der Waals surface area contributed by atoms with Crippen LogP contribution in [0, 0.1) is 20.8 Å². The standard InChI is InChI=1S/C19H26N4O3S2/c1-11(2)23-28(25,26)17-9-7-16(8-10-17)22-18(24)15(6)27-19-20-13(4)12(3)14(5)21-19/h7-11,15,23H,1-6H3,(H,22,24). The largest absolute Gasteiger partial charge is 0.325 e.